The Kier molecular flexibility index (Phi) is 4.74. The first-order valence-electron chi connectivity index (χ1n) is 6.50. The summed E-state index contributed by atoms with van der Waals surface area (Å²) >= 11 is 5.71. The minimum absolute atomic E-state index is 0.185. The molecule has 0 atom stereocenters. The first-order valence-corrected chi connectivity index (χ1v) is 6.87. The number of Topliss-reactive ketones (excluding diaryl/α,β-unsaturated/α-hetero) is 1. The predicted molar refractivity (Wildman–Crippen MR) is 84.4 cm³/mol. The van der Waals surface area contributed by atoms with Gasteiger partial charge in [0, 0.05) is 12.1 Å². The highest BCUT2D eigenvalue weighted by Gasteiger charge is 2.21. The third kappa shape index (κ3) is 3.30. The molecule has 0 saturated carbocycles. The Morgan fingerprint density at radius 1 is 1.38 bits per heavy atom. The summed E-state index contributed by atoms with van der Waals surface area (Å²) < 4.78 is 5.63. The molecular formula is C14H12ClN3O6. The van der Waals surface area contributed by atoms with Crippen molar-refractivity contribution in [1.29, 1.82) is 0 Å². The van der Waals surface area contributed by atoms with Gasteiger partial charge in [0.15, 0.2) is 6.61 Å². The van der Waals surface area contributed by atoms with Crippen molar-refractivity contribution in [1.82, 2.24) is 9.55 Å². The third-order valence-electron chi connectivity index (χ3n) is 3.16. The van der Waals surface area contributed by atoms with E-state index in [-0.39, 0.29) is 22.2 Å². The van der Waals surface area contributed by atoms with E-state index >= 15 is 0 Å². The van der Waals surface area contributed by atoms with Crippen LogP contribution in [0.15, 0.2) is 27.8 Å². The number of ether oxygens (including phenoxy) is 1. The molecule has 9 nitrogen and oxygen atoms in total. The fraction of sp³-hybridized carbons (Fsp3) is 0.143. The number of phenols is 1. The van der Waals surface area contributed by atoms with E-state index in [1.807, 2.05) is 4.98 Å². The zero-order valence-electron chi connectivity index (χ0n) is 12.3. The van der Waals surface area contributed by atoms with Gasteiger partial charge in [0.1, 0.15) is 22.7 Å². The summed E-state index contributed by atoms with van der Waals surface area (Å²) in [5.74, 6) is -2.64. The number of halogens is 1. The summed E-state index contributed by atoms with van der Waals surface area (Å²) in [5, 5.41) is 9.77. The van der Waals surface area contributed by atoms with Gasteiger partial charge in [-0.15, -0.1) is 0 Å². The Morgan fingerprint density at radius 3 is 2.71 bits per heavy atom. The molecule has 4 N–H and O–H groups in total. The molecule has 24 heavy (non-hydrogen) atoms. The molecule has 2 rings (SSSR count). The lowest BCUT2D eigenvalue weighted by atomic mass is 10.2. The number of nitrogens with one attached hydrogen (secondary N) is 1. The molecule has 1 aromatic heterocycles. The summed E-state index contributed by atoms with van der Waals surface area (Å²) in [6.45, 7) is -0.809. The Morgan fingerprint density at radius 2 is 2.04 bits per heavy atom. The van der Waals surface area contributed by atoms with Crippen LogP contribution in [0.3, 0.4) is 0 Å². The second-order valence-electron chi connectivity index (χ2n) is 4.74. The van der Waals surface area contributed by atoms with Crippen molar-refractivity contribution in [2.24, 2.45) is 7.05 Å². The lowest BCUT2D eigenvalue weighted by molar-refractivity contribution is 0.0471. The minimum atomic E-state index is -1.01. The Labute approximate surface area is 139 Å². The molecule has 10 heteroatoms. The topological polar surface area (TPSA) is 144 Å². The Balaban J connectivity index is 2.21. The van der Waals surface area contributed by atoms with E-state index in [9.17, 15) is 24.3 Å². The number of nitrogen functional groups attached to an aromatic ring is 1. The Hall–Kier alpha value is -3.07. The number of phenolic OH excluding ortho intramolecular Hbond substituents is 1. The first kappa shape index (κ1) is 17.3. The summed E-state index contributed by atoms with van der Waals surface area (Å²) in [6.07, 6.45) is 0. The summed E-state index contributed by atoms with van der Waals surface area (Å²) in [4.78, 5) is 48.9. The maximum absolute atomic E-state index is 12.1. The van der Waals surface area contributed by atoms with Gasteiger partial charge >= 0.3 is 11.7 Å². The molecule has 1 aromatic carbocycles. The molecule has 0 fully saturated rings. The molecule has 1 heterocycles. The number of aromatic hydroxyl groups is 1. The van der Waals surface area contributed by atoms with Crippen molar-refractivity contribution < 1.29 is 19.4 Å². The van der Waals surface area contributed by atoms with Crippen molar-refractivity contribution in [3.05, 3.63) is 55.2 Å². The number of ketones is 1. The number of nitrogens with zero attached hydrogens (tertiary/aromatic N) is 1. The first-order chi connectivity index (χ1) is 11.2. The SMILES string of the molecule is Cn1c(N)c(C(=O)COC(=O)c2cc(Cl)ccc2O)c(=O)[nH]c1=O. The molecule has 0 radical (unpaired) electrons. The molecular weight excluding hydrogens is 342 g/mol. The van der Waals surface area contributed by atoms with E-state index in [4.69, 9.17) is 22.1 Å². The Bertz CT molecular complexity index is 947. The number of aromatic amines is 1. The molecule has 0 aliphatic rings. The fourth-order valence-corrected chi connectivity index (χ4v) is 2.03. The molecule has 126 valence electrons. The number of esters is 1. The van der Waals surface area contributed by atoms with Crippen LogP contribution in [0, 0.1) is 0 Å². The van der Waals surface area contributed by atoms with Crippen LogP contribution in [0.4, 0.5) is 5.82 Å². The third-order valence-corrected chi connectivity index (χ3v) is 3.40. The number of hydrogen-bond acceptors (Lipinski definition) is 7. The van der Waals surface area contributed by atoms with Crippen LogP contribution in [0.1, 0.15) is 20.7 Å². The highest BCUT2D eigenvalue weighted by Crippen LogP contribution is 2.22. The number of hydrogen-bond donors (Lipinski definition) is 3. The van der Waals surface area contributed by atoms with Crippen LogP contribution in [0.25, 0.3) is 0 Å². The lowest BCUT2D eigenvalue weighted by Crippen LogP contribution is -2.35. The van der Waals surface area contributed by atoms with Gasteiger partial charge < -0.3 is 15.6 Å². The van der Waals surface area contributed by atoms with Crippen LogP contribution < -0.4 is 17.0 Å². The van der Waals surface area contributed by atoms with Crippen molar-refractivity contribution in [2.45, 2.75) is 0 Å². The number of rotatable bonds is 4. The normalized spacial score (nSPS) is 10.4. The van der Waals surface area contributed by atoms with Gasteiger partial charge in [-0.3, -0.25) is 19.1 Å². The van der Waals surface area contributed by atoms with Crippen molar-refractivity contribution in [3.63, 3.8) is 0 Å². The van der Waals surface area contributed by atoms with Crippen molar-refractivity contribution >= 4 is 29.2 Å². The monoisotopic (exact) mass is 353 g/mol. The molecule has 0 amide bonds. The van der Waals surface area contributed by atoms with Gasteiger partial charge in [0.05, 0.1) is 0 Å². The number of carbonyl (C=O) groups excluding carboxylic acids is 2. The second-order valence-corrected chi connectivity index (χ2v) is 5.18. The lowest BCUT2D eigenvalue weighted by Gasteiger charge is -2.09. The zero-order valence-corrected chi connectivity index (χ0v) is 13.1. The minimum Gasteiger partial charge on any atom is -0.507 e. The van der Waals surface area contributed by atoms with E-state index in [0.717, 1.165) is 10.6 Å². The van der Waals surface area contributed by atoms with Crippen LogP contribution in [0.5, 0.6) is 5.75 Å². The number of benzene rings is 1. The molecule has 0 spiro atoms. The van der Waals surface area contributed by atoms with Crippen molar-refractivity contribution in [2.75, 3.05) is 12.3 Å². The summed E-state index contributed by atoms with van der Waals surface area (Å²) in [7, 11) is 1.26. The number of H-pyrrole nitrogens is 1. The molecule has 0 aliphatic heterocycles. The second kappa shape index (κ2) is 6.59. The van der Waals surface area contributed by atoms with Crippen molar-refractivity contribution in [3.8, 4) is 5.75 Å². The van der Waals surface area contributed by atoms with Crippen LogP contribution >= 0.6 is 11.6 Å². The fourth-order valence-electron chi connectivity index (χ4n) is 1.86. The quantitative estimate of drug-likeness (QED) is 0.520. The van der Waals surface area contributed by atoms with E-state index in [2.05, 4.69) is 0 Å². The number of nitrogens with two attached hydrogens (primary N) is 1. The zero-order chi connectivity index (χ0) is 18.0. The maximum Gasteiger partial charge on any atom is 0.342 e. The largest absolute Gasteiger partial charge is 0.507 e. The average molecular weight is 354 g/mol. The molecule has 0 unspecified atom stereocenters. The molecule has 0 bridgehead atoms. The highest BCUT2D eigenvalue weighted by molar-refractivity contribution is 6.31. The van der Waals surface area contributed by atoms with Gasteiger partial charge in [-0.05, 0) is 18.2 Å². The average Bonchev–Trinajstić information content (AvgIpc) is 2.52. The predicted octanol–water partition coefficient (Wildman–Crippen LogP) is 0.0545. The van der Waals surface area contributed by atoms with Crippen LogP contribution in [-0.2, 0) is 11.8 Å². The summed E-state index contributed by atoms with van der Waals surface area (Å²) in [5.41, 5.74) is 3.07. The number of anilines is 1. The van der Waals surface area contributed by atoms with Gasteiger partial charge in [-0.1, -0.05) is 11.6 Å². The van der Waals surface area contributed by atoms with Crippen LogP contribution in [-0.4, -0.2) is 33.0 Å². The number of carbonyl (C=O) groups is 2. The highest BCUT2D eigenvalue weighted by atomic mass is 35.5. The summed E-state index contributed by atoms with van der Waals surface area (Å²) in [6, 6.07) is 3.72. The van der Waals surface area contributed by atoms with E-state index in [1.54, 1.807) is 0 Å². The van der Waals surface area contributed by atoms with Crippen LogP contribution in [0.2, 0.25) is 5.02 Å². The molecule has 0 aliphatic carbocycles. The smallest absolute Gasteiger partial charge is 0.342 e. The van der Waals surface area contributed by atoms with E-state index in [1.165, 1.54) is 19.2 Å². The maximum atomic E-state index is 12.1. The standard InChI is InChI=1S/C14H12ClN3O6/c1-18-11(16)10(12(21)17-14(18)23)9(20)5-24-13(22)7-4-6(15)2-3-8(7)19/h2-4,19H,5,16H2,1H3,(H,17,21,23). The van der Waals surface area contributed by atoms with Gasteiger partial charge in [-0.25, -0.2) is 9.59 Å². The molecule has 2 aromatic rings. The molecule has 0 saturated heterocycles. The number of aromatic nitrogens is 2. The van der Waals surface area contributed by atoms with E-state index < -0.39 is 35.2 Å². The van der Waals surface area contributed by atoms with Gasteiger partial charge in [-0.2, -0.15) is 0 Å². The van der Waals surface area contributed by atoms with E-state index in [0.29, 0.717) is 0 Å². The van der Waals surface area contributed by atoms with Gasteiger partial charge in [0.25, 0.3) is 5.56 Å². The van der Waals surface area contributed by atoms with Gasteiger partial charge in [0.2, 0.25) is 5.78 Å².